The van der Waals surface area contributed by atoms with E-state index in [1.807, 2.05) is 0 Å². The van der Waals surface area contributed by atoms with E-state index in [1.165, 1.54) is 11.0 Å². The van der Waals surface area contributed by atoms with E-state index in [2.05, 4.69) is 41.9 Å². The zero-order valence-electron chi connectivity index (χ0n) is 11.0. The van der Waals surface area contributed by atoms with E-state index in [4.69, 9.17) is 0 Å². The summed E-state index contributed by atoms with van der Waals surface area (Å²) in [6, 6.07) is 4.62. The number of nitrogens with zero attached hydrogens (tertiary/aromatic N) is 1. The second-order valence-corrected chi connectivity index (χ2v) is 7.60. The molecule has 2 amide bonds. The highest BCUT2D eigenvalue weighted by Crippen LogP contribution is 2.25. The molecule has 0 bridgehead atoms. The van der Waals surface area contributed by atoms with Crippen LogP contribution in [0.5, 0.6) is 0 Å². The van der Waals surface area contributed by atoms with Crippen molar-refractivity contribution in [1.29, 1.82) is 0 Å². The van der Waals surface area contributed by atoms with Crippen LogP contribution in [0.25, 0.3) is 0 Å². The van der Waals surface area contributed by atoms with Gasteiger partial charge in [-0.3, -0.25) is 0 Å². The lowest BCUT2D eigenvalue weighted by molar-refractivity contribution is 0.217. The van der Waals surface area contributed by atoms with Gasteiger partial charge in [-0.1, -0.05) is 15.9 Å². The molecule has 0 atom stereocenters. The van der Waals surface area contributed by atoms with Gasteiger partial charge >= 0.3 is 6.03 Å². The van der Waals surface area contributed by atoms with E-state index in [-0.39, 0.29) is 24.0 Å². The van der Waals surface area contributed by atoms with Gasteiger partial charge < -0.3 is 10.2 Å². The van der Waals surface area contributed by atoms with Crippen molar-refractivity contribution in [2.45, 2.75) is 4.90 Å². The average Bonchev–Trinajstić information content (AvgIpc) is 2.37. The quantitative estimate of drug-likeness (QED) is 0.701. The Morgan fingerprint density at radius 3 is 2.50 bits per heavy atom. The Hall–Kier alpha value is -0.640. The minimum atomic E-state index is -3.62. The number of rotatable bonds is 5. The van der Waals surface area contributed by atoms with Crippen molar-refractivity contribution in [1.82, 2.24) is 14.9 Å². The van der Waals surface area contributed by atoms with Gasteiger partial charge in [0.2, 0.25) is 10.0 Å². The van der Waals surface area contributed by atoms with Gasteiger partial charge in [-0.05, 0) is 34.1 Å². The molecule has 0 unspecified atom stereocenters. The van der Waals surface area contributed by atoms with Crippen molar-refractivity contribution in [2.75, 3.05) is 27.2 Å². The van der Waals surface area contributed by atoms with E-state index in [0.717, 1.165) is 0 Å². The van der Waals surface area contributed by atoms with Crippen LogP contribution in [0.2, 0.25) is 0 Å². The number of carbonyl (C=O) groups excluding carboxylic acids is 1. The summed E-state index contributed by atoms with van der Waals surface area (Å²) in [5.41, 5.74) is 0. The highest BCUT2D eigenvalue weighted by Gasteiger charge is 2.17. The molecule has 9 heteroatoms. The zero-order chi connectivity index (χ0) is 15.3. The van der Waals surface area contributed by atoms with Crippen molar-refractivity contribution < 1.29 is 13.2 Å². The van der Waals surface area contributed by atoms with Gasteiger partial charge in [-0.2, -0.15) is 0 Å². The molecule has 0 spiro atoms. The molecule has 1 aromatic carbocycles. The van der Waals surface area contributed by atoms with Crippen LogP contribution in [0.3, 0.4) is 0 Å². The molecule has 6 nitrogen and oxygen atoms in total. The lowest BCUT2D eigenvalue weighted by atomic mass is 10.4. The van der Waals surface area contributed by atoms with Crippen molar-refractivity contribution >= 4 is 47.9 Å². The van der Waals surface area contributed by atoms with Gasteiger partial charge in [0.25, 0.3) is 0 Å². The lowest BCUT2D eigenvalue weighted by Crippen LogP contribution is -2.39. The normalized spacial score (nSPS) is 11.2. The Morgan fingerprint density at radius 2 is 1.90 bits per heavy atom. The standard InChI is InChI=1S/C11H15Br2N3O3S/c1-16(2)11(17)14-5-6-15-20(18,19)10-7-8(12)3-4-9(10)13/h3-4,7,15H,5-6H2,1-2H3,(H,14,17). The summed E-state index contributed by atoms with van der Waals surface area (Å²) in [5, 5.41) is 2.57. The van der Waals surface area contributed by atoms with Crippen LogP contribution in [0.15, 0.2) is 32.0 Å². The smallest absolute Gasteiger partial charge is 0.316 e. The highest BCUT2D eigenvalue weighted by atomic mass is 79.9. The second-order valence-electron chi connectivity index (χ2n) is 4.10. The minimum absolute atomic E-state index is 0.112. The van der Waals surface area contributed by atoms with Gasteiger partial charge in [0.15, 0.2) is 0 Å². The monoisotopic (exact) mass is 427 g/mol. The fourth-order valence-electron chi connectivity index (χ4n) is 1.27. The van der Waals surface area contributed by atoms with Gasteiger partial charge in [0.05, 0.1) is 4.90 Å². The third-order valence-electron chi connectivity index (χ3n) is 2.28. The molecule has 0 aromatic heterocycles. The second kappa shape index (κ2) is 7.39. The molecule has 112 valence electrons. The lowest BCUT2D eigenvalue weighted by Gasteiger charge is -2.13. The first-order chi connectivity index (χ1) is 9.24. The Bertz CT molecular complexity index is 591. The Labute approximate surface area is 135 Å². The molecule has 0 radical (unpaired) electrons. The van der Waals surface area contributed by atoms with Crippen molar-refractivity contribution in [3.63, 3.8) is 0 Å². The topological polar surface area (TPSA) is 78.5 Å². The van der Waals surface area contributed by atoms with Crippen molar-refractivity contribution in [3.8, 4) is 0 Å². The van der Waals surface area contributed by atoms with Crippen LogP contribution in [0.1, 0.15) is 0 Å². The SMILES string of the molecule is CN(C)C(=O)NCCNS(=O)(=O)c1cc(Br)ccc1Br. The molecule has 2 N–H and O–H groups in total. The van der Waals surface area contributed by atoms with Crippen LogP contribution in [-0.4, -0.2) is 46.5 Å². The number of hydrogen-bond donors (Lipinski definition) is 2. The van der Waals surface area contributed by atoms with Crippen LogP contribution in [-0.2, 0) is 10.0 Å². The number of nitrogens with one attached hydrogen (secondary N) is 2. The number of halogens is 2. The van der Waals surface area contributed by atoms with Crippen LogP contribution >= 0.6 is 31.9 Å². The molecule has 20 heavy (non-hydrogen) atoms. The molecule has 0 aliphatic rings. The predicted molar refractivity (Wildman–Crippen MR) is 84.1 cm³/mol. The summed E-state index contributed by atoms with van der Waals surface area (Å²) in [7, 11) is -0.405. The Kier molecular flexibility index (Phi) is 6.44. The predicted octanol–water partition coefficient (Wildman–Crippen LogP) is 1.76. The number of hydrogen-bond acceptors (Lipinski definition) is 3. The first-order valence-corrected chi connectivity index (χ1v) is 8.71. The van der Waals surface area contributed by atoms with Gasteiger partial charge in [0, 0.05) is 36.1 Å². The number of benzene rings is 1. The molecule has 1 aromatic rings. The molecule has 0 saturated carbocycles. The highest BCUT2D eigenvalue weighted by molar-refractivity contribution is 9.11. The van der Waals surface area contributed by atoms with Crippen molar-refractivity contribution in [3.05, 3.63) is 27.1 Å². The summed E-state index contributed by atoms with van der Waals surface area (Å²) in [6.07, 6.45) is 0. The molecule has 0 fully saturated rings. The van der Waals surface area contributed by atoms with Gasteiger partial charge in [-0.15, -0.1) is 0 Å². The Morgan fingerprint density at radius 1 is 1.25 bits per heavy atom. The number of carbonyl (C=O) groups is 1. The van der Waals surface area contributed by atoms with Crippen molar-refractivity contribution in [2.24, 2.45) is 0 Å². The fraction of sp³-hybridized carbons (Fsp3) is 0.364. The number of urea groups is 1. The first-order valence-electron chi connectivity index (χ1n) is 5.64. The molecule has 1 rings (SSSR count). The zero-order valence-corrected chi connectivity index (χ0v) is 15.0. The third-order valence-corrected chi connectivity index (χ3v) is 5.23. The summed E-state index contributed by atoms with van der Waals surface area (Å²) >= 11 is 6.43. The Balaban J connectivity index is 2.63. The molecule has 0 aliphatic heterocycles. The summed E-state index contributed by atoms with van der Waals surface area (Å²) in [5.74, 6) is 0. The molecule has 0 saturated heterocycles. The maximum absolute atomic E-state index is 12.1. The van der Waals surface area contributed by atoms with Gasteiger partial charge in [-0.25, -0.2) is 17.9 Å². The van der Waals surface area contributed by atoms with Crippen LogP contribution < -0.4 is 10.0 Å². The average molecular weight is 429 g/mol. The number of amides is 2. The maximum atomic E-state index is 12.1. The van der Waals surface area contributed by atoms with Gasteiger partial charge in [0.1, 0.15) is 0 Å². The molecule has 0 heterocycles. The molecular weight excluding hydrogens is 414 g/mol. The van der Waals surface area contributed by atoms with E-state index < -0.39 is 10.0 Å². The minimum Gasteiger partial charge on any atom is -0.337 e. The molecular formula is C11H15Br2N3O3S. The summed E-state index contributed by atoms with van der Waals surface area (Å²) in [6.45, 7) is 0.322. The van der Waals surface area contributed by atoms with E-state index in [0.29, 0.717) is 8.95 Å². The van der Waals surface area contributed by atoms with E-state index >= 15 is 0 Å². The van der Waals surface area contributed by atoms with E-state index in [9.17, 15) is 13.2 Å². The fourth-order valence-corrected chi connectivity index (χ4v) is 3.81. The van der Waals surface area contributed by atoms with Crippen LogP contribution in [0.4, 0.5) is 4.79 Å². The third kappa shape index (κ3) is 5.04. The molecule has 0 aliphatic carbocycles. The summed E-state index contributed by atoms with van der Waals surface area (Å²) < 4.78 is 27.8. The number of sulfonamides is 1. The van der Waals surface area contributed by atoms with E-state index in [1.54, 1.807) is 26.2 Å². The van der Waals surface area contributed by atoms with Crippen LogP contribution in [0, 0.1) is 0 Å². The maximum Gasteiger partial charge on any atom is 0.316 e. The summed E-state index contributed by atoms with van der Waals surface area (Å²) in [4.78, 5) is 12.8. The first kappa shape index (κ1) is 17.4. The largest absolute Gasteiger partial charge is 0.337 e.